The highest BCUT2D eigenvalue weighted by Gasteiger charge is 2.10. The molecule has 8 nitrogen and oxygen atoms in total. The zero-order valence-corrected chi connectivity index (χ0v) is 14.0. The molecule has 0 spiro atoms. The van der Waals surface area contributed by atoms with Gasteiger partial charge in [0, 0.05) is 6.42 Å². The third kappa shape index (κ3) is 2.81. The highest BCUT2D eigenvalue weighted by atomic mass is 16.5. The molecule has 0 saturated heterocycles. The average molecular weight is 349 g/mol. The van der Waals surface area contributed by atoms with Crippen LogP contribution >= 0.6 is 0 Å². The Morgan fingerprint density at radius 3 is 2.88 bits per heavy atom. The first kappa shape index (κ1) is 15.9. The van der Waals surface area contributed by atoms with Crippen molar-refractivity contribution in [2.24, 2.45) is 0 Å². The van der Waals surface area contributed by atoms with Crippen LogP contribution in [0.1, 0.15) is 16.2 Å². The molecule has 4 aromatic rings. The molecule has 0 aliphatic heterocycles. The summed E-state index contributed by atoms with van der Waals surface area (Å²) in [5.74, 6) is 0.0497. The monoisotopic (exact) mass is 349 g/mol. The van der Waals surface area contributed by atoms with Gasteiger partial charge in [-0.15, -0.1) is 5.10 Å². The van der Waals surface area contributed by atoms with Gasteiger partial charge < -0.3 is 9.72 Å². The number of para-hydroxylation sites is 1. The van der Waals surface area contributed by atoms with E-state index < -0.39 is 5.97 Å². The lowest BCUT2D eigenvalue weighted by Gasteiger charge is -2.05. The molecule has 0 bridgehead atoms. The van der Waals surface area contributed by atoms with E-state index in [1.54, 1.807) is 22.9 Å². The molecule has 0 aliphatic carbocycles. The fraction of sp³-hybridized carbons (Fsp3) is 0.167. The van der Waals surface area contributed by atoms with Crippen molar-refractivity contribution in [1.29, 1.82) is 0 Å². The lowest BCUT2D eigenvalue weighted by atomic mass is 10.1. The molecule has 130 valence electrons. The quantitative estimate of drug-likeness (QED) is 0.563. The number of hydrogen-bond donors (Lipinski definition) is 1. The van der Waals surface area contributed by atoms with E-state index >= 15 is 0 Å². The number of fused-ring (bicyclic) bond motifs is 2. The summed E-state index contributed by atoms with van der Waals surface area (Å²) in [4.78, 5) is 31.2. The number of hydrogen-bond acceptors (Lipinski definition) is 6. The summed E-state index contributed by atoms with van der Waals surface area (Å²) < 4.78 is 6.48. The molecule has 0 fully saturated rings. The number of nitrogens with zero attached hydrogens (tertiary/aromatic N) is 4. The van der Waals surface area contributed by atoms with Crippen molar-refractivity contribution >= 4 is 27.9 Å². The Morgan fingerprint density at radius 2 is 2.04 bits per heavy atom. The number of aryl methyl sites for hydroxylation is 2. The molecular formula is C18H15N5O3. The van der Waals surface area contributed by atoms with E-state index in [0.717, 1.165) is 11.0 Å². The van der Waals surface area contributed by atoms with Crippen LogP contribution < -0.4 is 5.56 Å². The van der Waals surface area contributed by atoms with Crippen LogP contribution in [0.2, 0.25) is 0 Å². The first-order valence-corrected chi connectivity index (χ1v) is 8.05. The van der Waals surface area contributed by atoms with Gasteiger partial charge in [-0.3, -0.25) is 4.79 Å². The second-order valence-corrected chi connectivity index (χ2v) is 5.79. The molecular weight excluding hydrogens is 334 g/mol. The number of carbonyl (C=O) groups is 1. The largest absolute Gasteiger partial charge is 0.465 e. The summed E-state index contributed by atoms with van der Waals surface area (Å²) in [5, 5.41) is 8.66. The first-order valence-electron chi connectivity index (χ1n) is 8.05. The fourth-order valence-electron chi connectivity index (χ4n) is 2.85. The normalized spacial score (nSPS) is 11.1. The molecule has 0 unspecified atom stereocenters. The van der Waals surface area contributed by atoms with Crippen LogP contribution in [0.3, 0.4) is 0 Å². The summed E-state index contributed by atoms with van der Waals surface area (Å²) in [5.41, 5.74) is 2.30. The molecule has 8 heteroatoms. The molecule has 2 heterocycles. The number of aromatic nitrogens is 5. The van der Waals surface area contributed by atoms with Gasteiger partial charge in [-0.25, -0.2) is 14.5 Å². The van der Waals surface area contributed by atoms with Crippen molar-refractivity contribution in [2.75, 3.05) is 7.11 Å². The second kappa shape index (κ2) is 6.40. The Hall–Kier alpha value is -3.55. The van der Waals surface area contributed by atoms with Gasteiger partial charge in [-0.2, -0.15) is 0 Å². The third-order valence-electron chi connectivity index (χ3n) is 4.16. The number of carbonyl (C=O) groups excluding carboxylic acids is 1. The predicted octanol–water partition coefficient (Wildman–Crippen LogP) is 1.70. The van der Waals surface area contributed by atoms with Gasteiger partial charge >= 0.3 is 5.97 Å². The molecule has 1 N–H and O–H groups in total. The van der Waals surface area contributed by atoms with Crippen LogP contribution in [0.4, 0.5) is 0 Å². The Morgan fingerprint density at radius 1 is 1.19 bits per heavy atom. The topological polar surface area (TPSA) is 103 Å². The van der Waals surface area contributed by atoms with Crippen LogP contribution in [0, 0.1) is 0 Å². The molecule has 26 heavy (non-hydrogen) atoms. The Balaban J connectivity index is 1.65. The number of aromatic amines is 1. The van der Waals surface area contributed by atoms with E-state index in [9.17, 15) is 9.59 Å². The van der Waals surface area contributed by atoms with Crippen molar-refractivity contribution in [3.63, 3.8) is 0 Å². The number of ether oxygens (including phenoxy) is 1. The minimum Gasteiger partial charge on any atom is -0.465 e. The van der Waals surface area contributed by atoms with E-state index in [1.807, 2.05) is 24.3 Å². The van der Waals surface area contributed by atoms with Gasteiger partial charge in [0.1, 0.15) is 11.3 Å². The van der Waals surface area contributed by atoms with Gasteiger partial charge in [0.15, 0.2) is 0 Å². The van der Waals surface area contributed by atoms with Crippen LogP contribution in [0.5, 0.6) is 0 Å². The lowest BCUT2D eigenvalue weighted by molar-refractivity contribution is 0.0601. The number of esters is 1. The van der Waals surface area contributed by atoms with Crippen molar-refractivity contribution in [2.45, 2.75) is 13.0 Å². The zero-order chi connectivity index (χ0) is 18.1. The zero-order valence-electron chi connectivity index (χ0n) is 14.0. The summed E-state index contributed by atoms with van der Waals surface area (Å²) in [7, 11) is 1.31. The Labute approximate surface area is 147 Å². The summed E-state index contributed by atoms with van der Waals surface area (Å²) in [6, 6.07) is 12.3. The Kier molecular flexibility index (Phi) is 3.92. The predicted molar refractivity (Wildman–Crippen MR) is 94.9 cm³/mol. The highest BCUT2D eigenvalue weighted by molar-refractivity contribution is 5.93. The van der Waals surface area contributed by atoms with Crippen LogP contribution in [-0.4, -0.2) is 38.0 Å². The maximum Gasteiger partial charge on any atom is 0.337 e. The molecule has 0 amide bonds. The van der Waals surface area contributed by atoms with Crippen molar-refractivity contribution < 1.29 is 9.53 Å². The smallest absolute Gasteiger partial charge is 0.337 e. The second-order valence-electron chi connectivity index (χ2n) is 5.79. The molecule has 0 aliphatic rings. The number of benzene rings is 2. The molecule has 0 atom stereocenters. The fourth-order valence-corrected chi connectivity index (χ4v) is 2.85. The average Bonchev–Trinajstić information content (AvgIpc) is 3.08. The number of H-pyrrole nitrogens is 1. The van der Waals surface area contributed by atoms with Crippen molar-refractivity contribution in [1.82, 2.24) is 25.0 Å². The van der Waals surface area contributed by atoms with E-state index in [4.69, 9.17) is 4.74 Å². The van der Waals surface area contributed by atoms with E-state index in [1.165, 1.54) is 7.11 Å². The van der Waals surface area contributed by atoms with Gasteiger partial charge in [0.25, 0.3) is 5.56 Å². The third-order valence-corrected chi connectivity index (χ3v) is 4.16. The van der Waals surface area contributed by atoms with Gasteiger partial charge in [0.05, 0.1) is 35.6 Å². The Bertz CT molecular complexity index is 1180. The molecule has 2 aromatic carbocycles. The van der Waals surface area contributed by atoms with E-state index in [-0.39, 0.29) is 5.56 Å². The lowest BCUT2D eigenvalue weighted by Crippen LogP contribution is -2.15. The molecule has 4 rings (SSSR count). The van der Waals surface area contributed by atoms with Crippen molar-refractivity contribution in [3.05, 3.63) is 64.2 Å². The molecule has 0 radical (unpaired) electrons. The number of rotatable bonds is 4. The summed E-state index contributed by atoms with van der Waals surface area (Å²) in [6.45, 7) is 0.519. The SMILES string of the molecule is COC(=O)c1ccc2c(=O)[nH]c(CCn3nnc4ccccc43)nc2c1. The number of methoxy groups -OCH3 is 1. The van der Waals surface area contributed by atoms with Crippen LogP contribution in [-0.2, 0) is 17.7 Å². The maximum atomic E-state index is 12.3. The summed E-state index contributed by atoms with van der Waals surface area (Å²) >= 11 is 0. The van der Waals surface area contributed by atoms with Crippen molar-refractivity contribution in [3.8, 4) is 0 Å². The maximum absolute atomic E-state index is 12.3. The van der Waals surface area contributed by atoms with E-state index in [2.05, 4.69) is 20.3 Å². The van der Waals surface area contributed by atoms with Gasteiger partial charge in [0.2, 0.25) is 0 Å². The highest BCUT2D eigenvalue weighted by Crippen LogP contribution is 2.13. The van der Waals surface area contributed by atoms with E-state index in [0.29, 0.717) is 35.3 Å². The standard InChI is InChI=1S/C18H15N5O3/c1-26-18(25)11-6-7-12-14(10-11)19-16(20-17(12)24)8-9-23-15-5-3-2-4-13(15)21-22-23/h2-7,10H,8-9H2,1H3,(H,19,20,24). The van der Waals surface area contributed by atoms with Crippen LogP contribution in [0.25, 0.3) is 21.9 Å². The summed E-state index contributed by atoms with van der Waals surface area (Å²) in [6.07, 6.45) is 0.473. The minimum absolute atomic E-state index is 0.245. The minimum atomic E-state index is -0.468. The molecule has 0 saturated carbocycles. The van der Waals surface area contributed by atoms with Gasteiger partial charge in [-0.05, 0) is 30.3 Å². The van der Waals surface area contributed by atoms with Crippen LogP contribution in [0.15, 0.2) is 47.3 Å². The number of nitrogens with one attached hydrogen (secondary N) is 1. The molecule has 2 aromatic heterocycles. The van der Waals surface area contributed by atoms with Gasteiger partial charge in [-0.1, -0.05) is 17.3 Å². The first-order chi connectivity index (χ1) is 12.7.